The molecule has 2 aromatic rings. The van der Waals surface area contributed by atoms with Crippen molar-refractivity contribution >= 4 is 28.6 Å². The molecule has 3 rings (SSSR count). The normalized spacial score (nSPS) is 17.9. The van der Waals surface area contributed by atoms with Gasteiger partial charge in [-0.1, -0.05) is 17.7 Å². The van der Waals surface area contributed by atoms with Crippen LogP contribution in [0.2, 0.25) is 5.02 Å². The third-order valence-corrected chi connectivity index (χ3v) is 4.55. The summed E-state index contributed by atoms with van der Waals surface area (Å²) in [4.78, 5) is 15.3. The lowest BCUT2D eigenvalue weighted by Gasteiger charge is -2.14. The molecule has 0 aliphatic carbocycles. The second-order valence-corrected chi connectivity index (χ2v) is 6.39. The summed E-state index contributed by atoms with van der Waals surface area (Å²) in [5.41, 5.74) is 1.85. The van der Waals surface area contributed by atoms with Crippen LogP contribution in [0.25, 0.3) is 11.0 Å². The van der Waals surface area contributed by atoms with Crippen LogP contribution >= 0.6 is 11.6 Å². The van der Waals surface area contributed by atoms with Gasteiger partial charge in [-0.05, 0) is 37.8 Å². The van der Waals surface area contributed by atoms with Crippen LogP contribution in [0.1, 0.15) is 37.9 Å². The number of rotatable bonds is 7. The molecule has 1 aliphatic rings. The first-order chi connectivity index (χ1) is 11.1. The molecule has 5 nitrogen and oxygen atoms in total. The number of para-hydroxylation sites is 1. The van der Waals surface area contributed by atoms with Crippen LogP contribution in [0.3, 0.4) is 0 Å². The summed E-state index contributed by atoms with van der Waals surface area (Å²) < 4.78 is 7.92. The minimum absolute atomic E-state index is 0.201. The van der Waals surface area contributed by atoms with Crippen molar-refractivity contribution in [3.63, 3.8) is 0 Å². The fourth-order valence-corrected chi connectivity index (χ4v) is 3.40. The monoisotopic (exact) mass is 336 g/mol. The third-order valence-electron chi connectivity index (χ3n) is 4.25. The number of carbonyl (C=O) groups is 1. The van der Waals surface area contributed by atoms with E-state index in [0.717, 1.165) is 55.7 Å². The van der Waals surface area contributed by atoms with Crippen molar-refractivity contribution in [1.82, 2.24) is 9.55 Å². The van der Waals surface area contributed by atoms with Gasteiger partial charge in [0.05, 0.1) is 28.7 Å². The fraction of sp³-hybridized carbons (Fsp3) is 0.529. The van der Waals surface area contributed by atoms with Gasteiger partial charge >= 0.3 is 5.97 Å². The number of unbranched alkanes of at least 4 members (excludes halogenated alkanes) is 1. The Balaban J connectivity index is 1.82. The van der Waals surface area contributed by atoms with Gasteiger partial charge in [0.1, 0.15) is 5.82 Å². The molecule has 1 atom stereocenters. The van der Waals surface area contributed by atoms with Crippen molar-refractivity contribution in [3.05, 3.63) is 29.0 Å². The smallest absolute Gasteiger partial charge is 0.303 e. The molecule has 1 N–H and O–H groups in total. The van der Waals surface area contributed by atoms with E-state index in [1.165, 1.54) is 0 Å². The quantitative estimate of drug-likeness (QED) is 0.783. The van der Waals surface area contributed by atoms with E-state index in [4.69, 9.17) is 26.4 Å². The van der Waals surface area contributed by atoms with Crippen LogP contribution in [0.15, 0.2) is 18.2 Å². The highest BCUT2D eigenvalue weighted by molar-refractivity contribution is 6.35. The number of hydrogen-bond acceptors (Lipinski definition) is 3. The zero-order valence-corrected chi connectivity index (χ0v) is 13.8. The van der Waals surface area contributed by atoms with E-state index in [2.05, 4.69) is 4.57 Å². The molecule has 2 heterocycles. The Morgan fingerprint density at radius 1 is 1.43 bits per heavy atom. The molecule has 0 radical (unpaired) electrons. The molecule has 1 saturated heterocycles. The number of halogens is 1. The molecular weight excluding hydrogens is 316 g/mol. The number of nitrogens with zero attached hydrogens (tertiary/aromatic N) is 2. The molecule has 1 aromatic heterocycles. The van der Waals surface area contributed by atoms with Crippen molar-refractivity contribution in [2.75, 3.05) is 6.61 Å². The zero-order valence-electron chi connectivity index (χ0n) is 13.0. The minimum Gasteiger partial charge on any atom is -0.481 e. The van der Waals surface area contributed by atoms with Crippen LogP contribution in [0.4, 0.5) is 0 Å². The highest BCUT2D eigenvalue weighted by atomic mass is 35.5. The number of aliphatic carboxylic acids is 1. The zero-order chi connectivity index (χ0) is 16.2. The van der Waals surface area contributed by atoms with Crippen LogP contribution in [0.5, 0.6) is 0 Å². The standard InChI is InChI=1S/C17H21ClN2O3/c18-13-6-3-7-14-17(13)20(11-12-5-4-10-23-12)15(19-14)8-1-2-9-16(21)22/h3,6-7,12H,1-2,4-5,8-11H2,(H,21,22). The molecule has 1 fully saturated rings. The van der Waals surface area contributed by atoms with E-state index in [1.54, 1.807) is 0 Å². The maximum atomic E-state index is 10.6. The van der Waals surface area contributed by atoms with Crippen molar-refractivity contribution in [3.8, 4) is 0 Å². The van der Waals surface area contributed by atoms with Gasteiger partial charge in [-0.25, -0.2) is 4.98 Å². The summed E-state index contributed by atoms with van der Waals surface area (Å²) in [5.74, 6) is 0.217. The van der Waals surface area contributed by atoms with Crippen LogP contribution in [-0.2, 0) is 22.5 Å². The lowest BCUT2D eigenvalue weighted by atomic mass is 10.2. The predicted molar refractivity (Wildman–Crippen MR) is 88.9 cm³/mol. The van der Waals surface area contributed by atoms with Crippen LogP contribution in [0, 0.1) is 0 Å². The van der Waals surface area contributed by atoms with Gasteiger partial charge in [0, 0.05) is 19.4 Å². The van der Waals surface area contributed by atoms with Crippen LogP contribution < -0.4 is 0 Å². The van der Waals surface area contributed by atoms with E-state index in [-0.39, 0.29) is 12.5 Å². The van der Waals surface area contributed by atoms with Crippen molar-refractivity contribution in [1.29, 1.82) is 0 Å². The Bertz CT molecular complexity index is 692. The number of benzene rings is 1. The molecule has 0 bridgehead atoms. The lowest BCUT2D eigenvalue weighted by molar-refractivity contribution is -0.137. The summed E-state index contributed by atoms with van der Waals surface area (Å²) >= 11 is 6.38. The first-order valence-corrected chi connectivity index (χ1v) is 8.50. The SMILES string of the molecule is O=C(O)CCCCc1nc2cccc(Cl)c2n1CC1CCCO1. The van der Waals surface area contributed by atoms with Crippen molar-refractivity contribution < 1.29 is 14.6 Å². The van der Waals surface area contributed by atoms with Gasteiger partial charge in [0.25, 0.3) is 0 Å². The van der Waals surface area contributed by atoms with Crippen molar-refractivity contribution in [2.24, 2.45) is 0 Å². The number of fused-ring (bicyclic) bond motifs is 1. The Labute approximate surface area is 140 Å². The highest BCUT2D eigenvalue weighted by Crippen LogP contribution is 2.27. The molecule has 23 heavy (non-hydrogen) atoms. The molecule has 0 saturated carbocycles. The Morgan fingerprint density at radius 2 is 2.30 bits per heavy atom. The summed E-state index contributed by atoms with van der Waals surface area (Å²) in [5, 5.41) is 9.45. The van der Waals surface area contributed by atoms with Gasteiger partial charge < -0.3 is 14.4 Å². The predicted octanol–water partition coefficient (Wildman–Crippen LogP) is 3.67. The Morgan fingerprint density at radius 3 is 3.04 bits per heavy atom. The second-order valence-electron chi connectivity index (χ2n) is 5.98. The first kappa shape index (κ1) is 16.3. The number of ether oxygens (including phenoxy) is 1. The average Bonchev–Trinajstić information content (AvgIpc) is 3.13. The van der Waals surface area contributed by atoms with E-state index in [0.29, 0.717) is 11.4 Å². The number of carboxylic acid groups (broad SMARTS) is 1. The molecule has 0 spiro atoms. The summed E-state index contributed by atoms with van der Waals surface area (Å²) in [6, 6.07) is 5.75. The van der Waals surface area contributed by atoms with Crippen molar-refractivity contribution in [2.45, 2.75) is 51.2 Å². The Kier molecular flexibility index (Phi) is 5.18. The lowest BCUT2D eigenvalue weighted by Crippen LogP contribution is -2.17. The molecule has 1 unspecified atom stereocenters. The molecular formula is C17H21ClN2O3. The molecule has 1 aliphatic heterocycles. The molecule has 1 aromatic carbocycles. The summed E-state index contributed by atoms with van der Waals surface area (Å²) in [7, 11) is 0. The summed E-state index contributed by atoms with van der Waals surface area (Å²) in [6.45, 7) is 1.58. The number of imidazole rings is 1. The van der Waals surface area contributed by atoms with E-state index in [1.807, 2.05) is 18.2 Å². The Hall–Kier alpha value is -1.59. The van der Waals surface area contributed by atoms with Crippen LogP contribution in [-0.4, -0.2) is 33.3 Å². The summed E-state index contributed by atoms with van der Waals surface area (Å²) in [6.07, 6.45) is 4.78. The van der Waals surface area contributed by atoms with Gasteiger partial charge in [0.2, 0.25) is 0 Å². The molecule has 0 amide bonds. The first-order valence-electron chi connectivity index (χ1n) is 8.12. The average molecular weight is 337 g/mol. The maximum absolute atomic E-state index is 10.6. The van der Waals surface area contributed by atoms with E-state index >= 15 is 0 Å². The highest BCUT2D eigenvalue weighted by Gasteiger charge is 2.20. The number of aromatic nitrogens is 2. The second kappa shape index (κ2) is 7.32. The molecule has 6 heteroatoms. The largest absolute Gasteiger partial charge is 0.481 e. The van der Waals surface area contributed by atoms with E-state index < -0.39 is 5.97 Å². The number of aryl methyl sites for hydroxylation is 1. The number of carboxylic acids is 1. The third kappa shape index (κ3) is 3.85. The van der Waals surface area contributed by atoms with Gasteiger partial charge in [0.15, 0.2) is 0 Å². The molecule has 124 valence electrons. The van der Waals surface area contributed by atoms with E-state index in [9.17, 15) is 4.79 Å². The minimum atomic E-state index is -0.749. The van der Waals surface area contributed by atoms with Gasteiger partial charge in [-0.15, -0.1) is 0 Å². The van der Waals surface area contributed by atoms with Gasteiger partial charge in [-0.3, -0.25) is 4.79 Å². The maximum Gasteiger partial charge on any atom is 0.303 e. The fourth-order valence-electron chi connectivity index (χ4n) is 3.13. The van der Waals surface area contributed by atoms with Gasteiger partial charge in [-0.2, -0.15) is 0 Å². The topological polar surface area (TPSA) is 64.3 Å². The number of hydrogen-bond donors (Lipinski definition) is 1.